The number of aliphatic carboxylic acids is 1. The topological polar surface area (TPSA) is 86.6 Å². The molecular formula is C8H10F3NO4. The highest BCUT2D eigenvalue weighted by Crippen LogP contribution is 2.16. The van der Waals surface area contributed by atoms with Crippen LogP contribution in [0.25, 0.3) is 0 Å². The van der Waals surface area contributed by atoms with E-state index in [2.05, 4.69) is 5.32 Å². The first-order valence-corrected chi connectivity index (χ1v) is 4.08. The third-order valence-corrected chi connectivity index (χ3v) is 1.51. The monoisotopic (exact) mass is 241 g/mol. The maximum Gasteiger partial charge on any atom is 0.454 e. The average molecular weight is 241 g/mol. The number of alkyl halides is 3. The van der Waals surface area contributed by atoms with Gasteiger partial charge in [0.15, 0.2) is 0 Å². The molecule has 0 aromatic rings. The number of carbonyl (C=O) groups is 2. The van der Waals surface area contributed by atoms with Crippen LogP contribution >= 0.6 is 0 Å². The molecule has 0 bridgehead atoms. The number of nitrogens with one attached hydrogen (secondary N) is 1. The van der Waals surface area contributed by atoms with Crippen molar-refractivity contribution in [2.75, 3.05) is 6.61 Å². The van der Waals surface area contributed by atoms with Gasteiger partial charge in [0.2, 0.25) is 0 Å². The molecule has 0 saturated heterocycles. The van der Waals surface area contributed by atoms with Crippen LogP contribution < -0.4 is 5.32 Å². The van der Waals surface area contributed by atoms with E-state index in [9.17, 15) is 22.8 Å². The van der Waals surface area contributed by atoms with E-state index in [4.69, 9.17) is 10.2 Å². The molecule has 0 fully saturated rings. The Labute approximate surface area is 88.6 Å². The van der Waals surface area contributed by atoms with E-state index < -0.39 is 30.6 Å². The molecule has 92 valence electrons. The summed E-state index contributed by atoms with van der Waals surface area (Å²) in [4.78, 5) is 20.9. The van der Waals surface area contributed by atoms with E-state index in [1.807, 2.05) is 0 Å². The first-order chi connectivity index (χ1) is 7.18. The Morgan fingerprint density at radius 1 is 1.44 bits per heavy atom. The molecule has 0 amide bonds. The van der Waals surface area contributed by atoms with Gasteiger partial charge in [-0.25, -0.2) is 4.79 Å². The molecule has 3 N–H and O–H groups in total. The van der Waals surface area contributed by atoms with Crippen molar-refractivity contribution in [1.29, 1.82) is 0 Å². The van der Waals surface area contributed by atoms with Gasteiger partial charge in [0.25, 0.3) is 5.78 Å². The first-order valence-electron chi connectivity index (χ1n) is 4.08. The van der Waals surface area contributed by atoms with E-state index in [-0.39, 0.29) is 11.8 Å². The highest BCUT2D eigenvalue weighted by atomic mass is 19.4. The Bertz CT molecular complexity index is 311. The minimum absolute atomic E-state index is 0.228. The Balaban J connectivity index is 4.57. The minimum atomic E-state index is -5.00. The Kier molecular flexibility index (Phi) is 4.96. The van der Waals surface area contributed by atoms with Gasteiger partial charge in [-0.3, -0.25) is 4.79 Å². The van der Waals surface area contributed by atoms with Gasteiger partial charge in [-0.15, -0.1) is 0 Å². The lowest BCUT2D eigenvalue weighted by Gasteiger charge is -2.13. The number of rotatable bonds is 5. The number of hydrogen-bond donors (Lipinski definition) is 3. The van der Waals surface area contributed by atoms with Crippen molar-refractivity contribution in [3.63, 3.8) is 0 Å². The van der Waals surface area contributed by atoms with Crippen LogP contribution in [0.5, 0.6) is 0 Å². The Hall–Kier alpha value is -1.57. The summed E-state index contributed by atoms with van der Waals surface area (Å²) in [5.74, 6) is -3.53. The zero-order valence-corrected chi connectivity index (χ0v) is 8.21. The number of ketones is 1. The lowest BCUT2D eigenvalue weighted by atomic mass is 10.2. The molecule has 5 nitrogen and oxygen atoms in total. The number of carboxylic acid groups (broad SMARTS) is 1. The molecule has 0 radical (unpaired) electrons. The quantitative estimate of drug-likeness (QED) is 0.592. The second-order valence-corrected chi connectivity index (χ2v) is 2.91. The second kappa shape index (κ2) is 5.50. The molecule has 0 aromatic carbocycles. The predicted octanol–water partition coefficient (Wildman–Crippen LogP) is 0.0567. The van der Waals surface area contributed by atoms with Gasteiger partial charge in [0.05, 0.1) is 6.61 Å². The number of halogens is 3. The summed E-state index contributed by atoms with van der Waals surface area (Å²) in [6.45, 7) is 0.288. The highest BCUT2D eigenvalue weighted by molar-refractivity contribution is 5.94. The summed E-state index contributed by atoms with van der Waals surface area (Å²) >= 11 is 0. The van der Waals surface area contributed by atoms with Gasteiger partial charge in [0.1, 0.15) is 6.04 Å². The molecule has 0 aliphatic heterocycles. The van der Waals surface area contributed by atoms with E-state index in [1.54, 1.807) is 0 Å². The predicted molar refractivity (Wildman–Crippen MR) is 46.5 cm³/mol. The SMILES string of the molecule is C/C(=C/C(=O)C(F)(F)F)NC(CO)C(=O)O. The smallest absolute Gasteiger partial charge is 0.454 e. The molecule has 0 rings (SSSR count). The molecule has 0 saturated carbocycles. The fourth-order valence-electron chi connectivity index (χ4n) is 0.780. The first kappa shape index (κ1) is 14.4. The van der Waals surface area contributed by atoms with Gasteiger partial charge in [-0.2, -0.15) is 13.2 Å². The molecule has 8 heteroatoms. The number of aliphatic hydroxyl groups excluding tert-OH is 1. The zero-order chi connectivity index (χ0) is 12.9. The van der Waals surface area contributed by atoms with Gasteiger partial charge in [0, 0.05) is 11.8 Å². The second-order valence-electron chi connectivity index (χ2n) is 2.91. The van der Waals surface area contributed by atoms with Gasteiger partial charge < -0.3 is 15.5 Å². The summed E-state index contributed by atoms with van der Waals surface area (Å²) in [5.41, 5.74) is -0.288. The molecule has 0 aliphatic rings. The molecule has 0 spiro atoms. The lowest BCUT2D eigenvalue weighted by molar-refractivity contribution is -0.165. The summed E-state index contributed by atoms with van der Waals surface area (Å²) in [6.07, 6.45) is -4.77. The van der Waals surface area contributed by atoms with Crippen molar-refractivity contribution in [1.82, 2.24) is 5.32 Å². The van der Waals surface area contributed by atoms with Gasteiger partial charge >= 0.3 is 12.1 Å². The van der Waals surface area contributed by atoms with E-state index in [1.165, 1.54) is 0 Å². The number of hydrogen-bond acceptors (Lipinski definition) is 4. The summed E-state index contributed by atoms with van der Waals surface area (Å²) in [5, 5.41) is 19.1. The fraction of sp³-hybridized carbons (Fsp3) is 0.500. The zero-order valence-electron chi connectivity index (χ0n) is 8.21. The van der Waals surface area contributed by atoms with Crippen molar-refractivity contribution in [3.05, 3.63) is 11.8 Å². The van der Waals surface area contributed by atoms with Crippen LogP contribution in [0.3, 0.4) is 0 Å². The maximum absolute atomic E-state index is 11.8. The molecular weight excluding hydrogens is 231 g/mol. The van der Waals surface area contributed by atoms with E-state index in [0.29, 0.717) is 0 Å². The molecule has 16 heavy (non-hydrogen) atoms. The van der Waals surface area contributed by atoms with Crippen molar-refractivity contribution >= 4 is 11.8 Å². The fourth-order valence-corrected chi connectivity index (χ4v) is 0.780. The van der Waals surface area contributed by atoms with Crippen molar-refractivity contribution in [2.45, 2.75) is 19.1 Å². The normalized spacial score (nSPS) is 14.4. The van der Waals surface area contributed by atoms with Crippen LogP contribution in [-0.2, 0) is 9.59 Å². The van der Waals surface area contributed by atoms with Crippen LogP contribution in [0.4, 0.5) is 13.2 Å². The third kappa shape index (κ3) is 4.78. The van der Waals surface area contributed by atoms with Gasteiger partial charge in [-0.1, -0.05) is 0 Å². The molecule has 0 heterocycles. The lowest BCUT2D eigenvalue weighted by Crippen LogP contribution is -2.39. The van der Waals surface area contributed by atoms with Crippen LogP contribution in [0.1, 0.15) is 6.92 Å². The highest BCUT2D eigenvalue weighted by Gasteiger charge is 2.36. The van der Waals surface area contributed by atoms with Crippen LogP contribution in [-0.4, -0.2) is 40.8 Å². The number of allylic oxidation sites excluding steroid dienone is 2. The van der Waals surface area contributed by atoms with E-state index >= 15 is 0 Å². The molecule has 1 unspecified atom stereocenters. The molecule has 0 aliphatic carbocycles. The number of aliphatic hydroxyl groups is 1. The van der Waals surface area contributed by atoms with E-state index in [0.717, 1.165) is 6.92 Å². The van der Waals surface area contributed by atoms with Crippen LogP contribution in [0.15, 0.2) is 11.8 Å². The average Bonchev–Trinajstić information content (AvgIpc) is 2.11. The van der Waals surface area contributed by atoms with Crippen LogP contribution in [0.2, 0.25) is 0 Å². The third-order valence-electron chi connectivity index (χ3n) is 1.51. The van der Waals surface area contributed by atoms with Crippen molar-refractivity contribution in [2.24, 2.45) is 0 Å². The summed E-state index contributed by atoms with van der Waals surface area (Å²) < 4.78 is 35.4. The Morgan fingerprint density at radius 3 is 2.25 bits per heavy atom. The molecule has 1 atom stereocenters. The molecule has 0 aromatic heterocycles. The number of carbonyl (C=O) groups excluding carboxylic acids is 1. The maximum atomic E-state index is 11.8. The Morgan fingerprint density at radius 2 is 1.94 bits per heavy atom. The van der Waals surface area contributed by atoms with Crippen LogP contribution in [0, 0.1) is 0 Å². The summed E-state index contributed by atoms with van der Waals surface area (Å²) in [6, 6.07) is -1.45. The standard InChI is InChI=1S/C8H10F3NO4/c1-4(2-6(14)8(9,10)11)12-5(3-13)7(15)16/h2,5,12-13H,3H2,1H3,(H,15,16)/b4-2-. The number of carboxylic acids is 1. The largest absolute Gasteiger partial charge is 0.480 e. The minimum Gasteiger partial charge on any atom is -0.480 e. The van der Waals surface area contributed by atoms with Gasteiger partial charge in [-0.05, 0) is 6.92 Å². The summed E-state index contributed by atoms with van der Waals surface area (Å²) in [7, 11) is 0. The van der Waals surface area contributed by atoms with Crippen molar-refractivity contribution in [3.8, 4) is 0 Å². The van der Waals surface area contributed by atoms with Crippen molar-refractivity contribution < 1.29 is 33.0 Å².